The molecule has 0 radical (unpaired) electrons. The predicted octanol–water partition coefficient (Wildman–Crippen LogP) is 2.95. The summed E-state index contributed by atoms with van der Waals surface area (Å²) in [5, 5.41) is 10.9. The van der Waals surface area contributed by atoms with Gasteiger partial charge in [-0.3, -0.25) is 4.79 Å². The summed E-state index contributed by atoms with van der Waals surface area (Å²) in [4.78, 5) is 10.9. The lowest BCUT2D eigenvalue weighted by atomic mass is 10.1. The second-order valence-electron chi connectivity index (χ2n) is 4.48. The number of carbonyl (C=O) groups is 1. The van der Waals surface area contributed by atoms with E-state index in [1.54, 1.807) is 0 Å². The molecule has 0 saturated heterocycles. The summed E-state index contributed by atoms with van der Waals surface area (Å²) in [5.41, 5.74) is 0. The molecule has 3 heteroatoms. The molecule has 0 aromatic heterocycles. The average molecular weight is 258 g/mol. The highest BCUT2D eigenvalue weighted by Gasteiger charge is 2.02. The molecule has 2 aromatic rings. The molecule has 0 amide bonds. The number of rotatable bonds is 7. The lowest BCUT2D eigenvalue weighted by Gasteiger charge is -2.09. The molecule has 0 atom stereocenters. The van der Waals surface area contributed by atoms with Crippen LogP contribution >= 0.6 is 0 Å². The number of Topliss-reactive ketones (excluding diaryl/α,β-unsaturated/α-hetero) is 1. The molecule has 0 fully saturated rings. The molecule has 0 spiro atoms. The van der Waals surface area contributed by atoms with Gasteiger partial charge in [0.05, 0.1) is 6.61 Å². The number of fused-ring (bicyclic) bond motifs is 1. The minimum atomic E-state index is -0.357. The zero-order chi connectivity index (χ0) is 13.5. The normalized spacial score (nSPS) is 10.6. The van der Waals surface area contributed by atoms with Crippen molar-refractivity contribution in [3.8, 4) is 5.75 Å². The molecule has 0 aliphatic carbocycles. The first-order chi connectivity index (χ1) is 9.31. The molecule has 0 aliphatic rings. The SMILES string of the molecule is O=C(CO)CCCCOc1cccc2ccccc12. The number of carbonyl (C=O) groups excluding carboxylic acids is 1. The number of unbranched alkanes of at least 4 members (excludes halogenated alkanes) is 1. The van der Waals surface area contributed by atoms with Gasteiger partial charge in [0.15, 0.2) is 5.78 Å². The number of hydrogen-bond donors (Lipinski definition) is 1. The third kappa shape index (κ3) is 3.80. The van der Waals surface area contributed by atoms with E-state index >= 15 is 0 Å². The van der Waals surface area contributed by atoms with E-state index in [0.29, 0.717) is 13.0 Å². The molecule has 3 nitrogen and oxygen atoms in total. The van der Waals surface area contributed by atoms with Crippen LogP contribution in [0.25, 0.3) is 10.8 Å². The highest BCUT2D eigenvalue weighted by atomic mass is 16.5. The van der Waals surface area contributed by atoms with Gasteiger partial charge in [-0.15, -0.1) is 0 Å². The zero-order valence-electron chi connectivity index (χ0n) is 10.8. The van der Waals surface area contributed by atoms with E-state index < -0.39 is 0 Å². The number of ether oxygens (including phenoxy) is 1. The summed E-state index contributed by atoms with van der Waals surface area (Å²) >= 11 is 0. The number of aliphatic hydroxyl groups is 1. The Morgan fingerprint density at radius 3 is 2.68 bits per heavy atom. The highest BCUT2D eigenvalue weighted by molar-refractivity contribution is 5.88. The van der Waals surface area contributed by atoms with Gasteiger partial charge in [-0.25, -0.2) is 0 Å². The molecule has 0 aliphatic heterocycles. The van der Waals surface area contributed by atoms with Crippen molar-refractivity contribution in [3.05, 3.63) is 42.5 Å². The van der Waals surface area contributed by atoms with E-state index in [0.717, 1.165) is 29.4 Å². The van der Waals surface area contributed by atoms with Crippen LogP contribution in [0.5, 0.6) is 5.75 Å². The van der Waals surface area contributed by atoms with E-state index in [4.69, 9.17) is 9.84 Å². The van der Waals surface area contributed by atoms with Gasteiger partial charge in [0.1, 0.15) is 12.4 Å². The van der Waals surface area contributed by atoms with Crippen LogP contribution in [0.4, 0.5) is 0 Å². The number of hydrogen-bond acceptors (Lipinski definition) is 3. The summed E-state index contributed by atoms with van der Waals surface area (Å²) < 4.78 is 5.76. The van der Waals surface area contributed by atoms with Crippen LogP contribution < -0.4 is 4.74 Å². The fourth-order valence-electron chi connectivity index (χ4n) is 2.01. The van der Waals surface area contributed by atoms with Gasteiger partial charge in [0, 0.05) is 11.8 Å². The van der Waals surface area contributed by atoms with Crippen molar-refractivity contribution < 1.29 is 14.6 Å². The standard InChI is InChI=1S/C16H18O3/c17-12-14(18)8-3-4-11-19-16-10-5-7-13-6-1-2-9-15(13)16/h1-2,5-7,9-10,17H,3-4,8,11-12H2. The van der Waals surface area contributed by atoms with Gasteiger partial charge in [-0.2, -0.15) is 0 Å². The van der Waals surface area contributed by atoms with Crippen LogP contribution in [-0.2, 0) is 4.79 Å². The molecule has 0 bridgehead atoms. The van der Waals surface area contributed by atoms with Crippen molar-refractivity contribution in [2.75, 3.05) is 13.2 Å². The monoisotopic (exact) mass is 258 g/mol. The van der Waals surface area contributed by atoms with Crippen LogP contribution in [-0.4, -0.2) is 24.1 Å². The maximum absolute atomic E-state index is 10.9. The summed E-state index contributed by atoms with van der Waals surface area (Å²) in [6.45, 7) is 0.233. The average Bonchev–Trinajstić information content (AvgIpc) is 2.46. The smallest absolute Gasteiger partial charge is 0.158 e. The molecule has 2 rings (SSSR count). The zero-order valence-corrected chi connectivity index (χ0v) is 10.8. The third-order valence-corrected chi connectivity index (χ3v) is 3.03. The number of benzene rings is 2. The van der Waals surface area contributed by atoms with Gasteiger partial charge in [0.25, 0.3) is 0 Å². The van der Waals surface area contributed by atoms with E-state index in [-0.39, 0.29) is 12.4 Å². The maximum atomic E-state index is 10.9. The molecular formula is C16H18O3. The van der Waals surface area contributed by atoms with Gasteiger partial charge >= 0.3 is 0 Å². The number of aliphatic hydroxyl groups excluding tert-OH is 1. The Morgan fingerprint density at radius 1 is 1.05 bits per heavy atom. The summed E-state index contributed by atoms with van der Waals surface area (Å²) in [6, 6.07) is 14.1. The van der Waals surface area contributed by atoms with Crippen molar-refractivity contribution in [2.45, 2.75) is 19.3 Å². The summed E-state index contributed by atoms with van der Waals surface area (Å²) in [6.07, 6.45) is 1.99. The van der Waals surface area contributed by atoms with E-state index in [2.05, 4.69) is 12.1 Å². The topological polar surface area (TPSA) is 46.5 Å². The Kier molecular flexibility index (Phi) is 4.93. The van der Waals surface area contributed by atoms with Crippen molar-refractivity contribution in [1.82, 2.24) is 0 Å². The fraction of sp³-hybridized carbons (Fsp3) is 0.312. The fourth-order valence-corrected chi connectivity index (χ4v) is 2.01. The molecule has 2 aromatic carbocycles. The van der Waals surface area contributed by atoms with Crippen molar-refractivity contribution in [2.24, 2.45) is 0 Å². The lowest BCUT2D eigenvalue weighted by molar-refractivity contribution is -0.121. The first kappa shape index (κ1) is 13.6. The molecular weight excluding hydrogens is 240 g/mol. The second-order valence-corrected chi connectivity index (χ2v) is 4.48. The Morgan fingerprint density at radius 2 is 1.84 bits per heavy atom. The van der Waals surface area contributed by atoms with Crippen LogP contribution in [0.3, 0.4) is 0 Å². The minimum absolute atomic E-state index is 0.106. The maximum Gasteiger partial charge on any atom is 0.158 e. The van der Waals surface area contributed by atoms with Crippen LogP contribution in [0.1, 0.15) is 19.3 Å². The van der Waals surface area contributed by atoms with Crippen LogP contribution in [0.2, 0.25) is 0 Å². The Balaban J connectivity index is 1.86. The molecule has 100 valence electrons. The van der Waals surface area contributed by atoms with Gasteiger partial charge in [-0.05, 0) is 24.3 Å². The van der Waals surface area contributed by atoms with E-state index in [9.17, 15) is 4.79 Å². The highest BCUT2D eigenvalue weighted by Crippen LogP contribution is 2.25. The second kappa shape index (κ2) is 6.90. The first-order valence-corrected chi connectivity index (χ1v) is 6.54. The van der Waals surface area contributed by atoms with E-state index in [1.165, 1.54) is 0 Å². The van der Waals surface area contributed by atoms with Crippen LogP contribution in [0.15, 0.2) is 42.5 Å². The Bertz CT molecular complexity index is 543. The minimum Gasteiger partial charge on any atom is -0.493 e. The summed E-state index contributed by atoms with van der Waals surface area (Å²) in [7, 11) is 0. The summed E-state index contributed by atoms with van der Waals surface area (Å²) in [5.74, 6) is 0.775. The molecule has 0 saturated carbocycles. The lowest BCUT2D eigenvalue weighted by Crippen LogP contribution is -2.04. The van der Waals surface area contributed by atoms with Gasteiger partial charge in [0.2, 0.25) is 0 Å². The van der Waals surface area contributed by atoms with Crippen molar-refractivity contribution >= 4 is 16.6 Å². The Hall–Kier alpha value is -1.87. The van der Waals surface area contributed by atoms with Crippen molar-refractivity contribution in [1.29, 1.82) is 0 Å². The largest absolute Gasteiger partial charge is 0.493 e. The third-order valence-electron chi connectivity index (χ3n) is 3.03. The molecule has 0 heterocycles. The van der Waals surface area contributed by atoms with Crippen molar-refractivity contribution in [3.63, 3.8) is 0 Å². The molecule has 1 N–H and O–H groups in total. The quantitative estimate of drug-likeness (QED) is 0.777. The van der Waals surface area contributed by atoms with Gasteiger partial charge in [-0.1, -0.05) is 36.4 Å². The number of ketones is 1. The molecule has 19 heavy (non-hydrogen) atoms. The first-order valence-electron chi connectivity index (χ1n) is 6.54. The van der Waals surface area contributed by atoms with E-state index in [1.807, 2.05) is 30.3 Å². The Labute approximate surface area is 112 Å². The van der Waals surface area contributed by atoms with Gasteiger partial charge < -0.3 is 9.84 Å². The molecule has 0 unspecified atom stereocenters. The van der Waals surface area contributed by atoms with Crippen LogP contribution in [0, 0.1) is 0 Å². The predicted molar refractivity (Wildman–Crippen MR) is 75.4 cm³/mol.